The number of carbonyl (C=O) groups is 1. The van der Waals surface area contributed by atoms with E-state index in [0.29, 0.717) is 10.7 Å². The Hall–Kier alpha value is -3.06. The zero-order chi connectivity index (χ0) is 19.6. The largest absolute Gasteiger partial charge is 0.324 e. The summed E-state index contributed by atoms with van der Waals surface area (Å²) in [6.07, 6.45) is 1.38. The van der Waals surface area contributed by atoms with Gasteiger partial charge in [0.2, 0.25) is 5.95 Å². The lowest BCUT2D eigenvalue weighted by atomic mass is 10.1. The van der Waals surface area contributed by atoms with Crippen LogP contribution in [0.1, 0.15) is 21.6 Å². The van der Waals surface area contributed by atoms with Gasteiger partial charge in [0.25, 0.3) is 5.91 Å². The average Bonchev–Trinajstić information content (AvgIpc) is 2.61. The maximum Gasteiger partial charge on any atom is 0.274 e. The normalized spacial score (nSPS) is 10.6. The van der Waals surface area contributed by atoms with Crippen LogP contribution in [0.3, 0.4) is 0 Å². The van der Waals surface area contributed by atoms with Crippen LogP contribution in [0.4, 0.5) is 26.1 Å². The van der Waals surface area contributed by atoms with E-state index in [-0.39, 0.29) is 17.3 Å². The number of aryl methyl sites for hydroxylation is 2. The van der Waals surface area contributed by atoms with Gasteiger partial charge in [0.05, 0.1) is 10.7 Å². The van der Waals surface area contributed by atoms with E-state index >= 15 is 0 Å². The van der Waals surface area contributed by atoms with Crippen LogP contribution in [-0.4, -0.2) is 15.9 Å². The highest BCUT2D eigenvalue weighted by molar-refractivity contribution is 6.34. The smallest absolute Gasteiger partial charge is 0.274 e. The lowest BCUT2D eigenvalue weighted by Crippen LogP contribution is -2.16. The molecule has 0 radical (unpaired) electrons. The van der Waals surface area contributed by atoms with E-state index in [1.54, 1.807) is 6.07 Å². The van der Waals surface area contributed by atoms with Crippen molar-refractivity contribution in [1.82, 2.24) is 9.97 Å². The van der Waals surface area contributed by atoms with Crippen molar-refractivity contribution in [3.05, 3.63) is 76.1 Å². The Kier molecular flexibility index (Phi) is 5.32. The van der Waals surface area contributed by atoms with Gasteiger partial charge in [0, 0.05) is 18.0 Å². The molecule has 0 fully saturated rings. The number of benzene rings is 2. The fourth-order valence-corrected chi connectivity index (χ4v) is 2.87. The molecular weight excluding hydrogens is 374 g/mol. The van der Waals surface area contributed by atoms with E-state index in [1.165, 1.54) is 18.3 Å². The molecule has 1 aromatic heterocycles. The number of halogens is 3. The number of carbonyl (C=O) groups excluding carboxylic acids is 1. The Balaban J connectivity index is 1.80. The summed E-state index contributed by atoms with van der Waals surface area (Å²) in [6.45, 7) is 3.75. The fraction of sp³-hybridized carbons (Fsp3) is 0.105. The van der Waals surface area contributed by atoms with Crippen LogP contribution in [0, 0.1) is 25.5 Å². The highest BCUT2D eigenvalue weighted by Gasteiger charge is 2.14. The second-order valence-corrected chi connectivity index (χ2v) is 6.32. The van der Waals surface area contributed by atoms with Crippen molar-refractivity contribution in [2.24, 2.45) is 0 Å². The van der Waals surface area contributed by atoms with E-state index in [1.807, 2.05) is 19.9 Å². The third kappa shape index (κ3) is 4.38. The molecule has 138 valence electrons. The zero-order valence-corrected chi connectivity index (χ0v) is 15.2. The second-order valence-electron chi connectivity index (χ2n) is 5.91. The average molecular weight is 389 g/mol. The van der Waals surface area contributed by atoms with Crippen molar-refractivity contribution in [2.45, 2.75) is 13.8 Å². The van der Waals surface area contributed by atoms with Crippen LogP contribution in [0.5, 0.6) is 0 Å². The zero-order valence-electron chi connectivity index (χ0n) is 14.5. The van der Waals surface area contributed by atoms with Gasteiger partial charge in [-0.05, 0) is 49.2 Å². The maximum atomic E-state index is 13.3. The van der Waals surface area contributed by atoms with Crippen molar-refractivity contribution in [3.8, 4) is 0 Å². The Labute approximate surface area is 159 Å². The summed E-state index contributed by atoms with van der Waals surface area (Å²) in [7, 11) is 0. The summed E-state index contributed by atoms with van der Waals surface area (Å²) < 4.78 is 26.3. The molecule has 1 amide bonds. The second kappa shape index (κ2) is 7.67. The van der Waals surface area contributed by atoms with Gasteiger partial charge in [-0.3, -0.25) is 4.79 Å². The van der Waals surface area contributed by atoms with Crippen molar-refractivity contribution >= 4 is 34.8 Å². The minimum Gasteiger partial charge on any atom is -0.324 e. The molecular formula is C19H15ClF2N4O. The summed E-state index contributed by atoms with van der Waals surface area (Å²) in [5.41, 5.74) is 2.65. The first kappa shape index (κ1) is 18.7. The van der Waals surface area contributed by atoms with Crippen LogP contribution in [0.25, 0.3) is 0 Å². The van der Waals surface area contributed by atoms with Gasteiger partial charge in [-0.25, -0.2) is 18.7 Å². The quantitative estimate of drug-likeness (QED) is 0.658. The number of aromatic nitrogens is 2. The topological polar surface area (TPSA) is 66.9 Å². The predicted octanol–water partition coefficient (Wildman–Crippen LogP) is 5.02. The minimum atomic E-state index is -1.00. The highest BCUT2D eigenvalue weighted by Crippen LogP contribution is 2.27. The highest BCUT2D eigenvalue weighted by atomic mass is 35.5. The van der Waals surface area contributed by atoms with E-state index in [2.05, 4.69) is 20.6 Å². The molecule has 3 aromatic rings. The molecule has 3 rings (SSSR count). The number of hydrogen-bond donors (Lipinski definition) is 2. The number of rotatable bonds is 4. The molecule has 0 atom stereocenters. The van der Waals surface area contributed by atoms with Crippen molar-refractivity contribution in [3.63, 3.8) is 0 Å². The van der Waals surface area contributed by atoms with E-state index in [4.69, 9.17) is 11.6 Å². The third-order valence-electron chi connectivity index (χ3n) is 3.73. The van der Waals surface area contributed by atoms with E-state index in [0.717, 1.165) is 23.3 Å². The molecule has 0 aliphatic carbocycles. The molecule has 0 bridgehead atoms. The molecule has 0 saturated carbocycles. The van der Waals surface area contributed by atoms with Gasteiger partial charge in [-0.1, -0.05) is 17.7 Å². The molecule has 27 heavy (non-hydrogen) atoms. The summed E-state index contributed by atoms with van der Waals surface area (Å²) in [4.78, 5) is 20.6. The molecule has 8 heteroatoms. The summed E-state index contributed by atoms with van der Waals surface area (Å²) in [5.74, 6) is -2.36. The first-order valence-electron chi connectivity index (χ1n) is 7.96. The molecule has 1 heterocycles. The van der Waals surface area contributed by atoms with Crippen LogP contribution >= 0.6 is 11.6 Å². The van der Waals surface area contributed by atoms with E-state index < -0.39 is 17.5 Å². The SMILES string of the molecule is Cc1cc(C)c(NC(=O)c2ccnc(Nc3ccc(F)c(F)c3)n2)c(Cl)c1. The van der Waals surface area contributed by atoms with Crippen molar-refractivity contribution in [1.29, 1.82) is 0 Å². The molecule has 0 spiro atoms. The monoisotopic (exact) mass is 388 g/mol. The lowest BCUT2D eigenvalue weighted by molar-refractivity contribution is 0.102. The Morgan fingerprint density at radius 2 is 1.85 bits per heavy atom. The van der Waals surface area contributed by atoms with Gasteiger partial charge >= 0.3 is 0 Å². The van der Waals surface area contributed by atoms with E-state index in [9.17, 15) is 13.6 Å². The van der Waals surface area contributed by atoms with Gasteiger partial charge in [-0.2, -0.15) is 0 Å². The summed E-state index contributed by atoms with van der Waals surface area (Å²) in [6, 6.07) is 8.38. The maximum absolute atomic E-state index is 13.3. The predicted molar refractivity (Wildman–Crippen MR) is 101 cm³/mol. The van der Waals surface area contributed by atoms with Gasteiger partial charge in [0.1, 0.15) is 5.69 Å². The fourth-order valence-electron chi connectivity index (χ4n) is 2.50. The number of anilines is 3. The number of amides is 1. The van der Waals surface area contributed by atoms with Gasteiger partial charge in [-0.15, -0.1) is 0 Å². The molecule has 0 saturated heterocycles. The Bertz CT molecular complexity index is 1000. The van der Waals surface area contributed by atoms with Crippen molar-refractivity contribution < 1.29 is 13.6 Å². The Morgan fingerprint density at radius 3 is 2.56 bits per heavy atom. The number of nitrogens with one attached hydrogen (secondary N) is 2. The molecule has 0 aliphatic heterocycles. The Morgan fingerprint density at radius 1 is 1.07 bits per heavy atom. The summed E-state index contributed by atoms with van der Waals surface area (Å²) >= 11 is 6.21. The first-order valence-corrected chi connectivity index (χ1v) is 8.34. The van der Waals surface area contributed by atoms with Crippen LogP contribution in [0.15, 0.2) is 42.6 Å². The molecule has 0 unspecified atom stereocenters. The van der Waals surface area contributed by atoms with Gasteiger partial charge < -0.3 is 10.6 Å². The van der Waals surface area contributed by atoms with Gasteiger partial charge in [0.15, 0.2) is 11.6 Å². The van der Waals surface area contributed by atoms with Crippen molar-refractivity contribution in [2.75, 3.05) is 10.6 Å². The lowest BCUT2D eigenvalue weighted by Gasteiger charge is -2.12. The van der Waals surface area contributed by atoms with Crippen LogP contribution in [-0.2, 0) is 0 Å². The standard InChI is InChI=1S/C19H15ClF2N4O/c1-10-7-11(2)17(13(20)8-10)26-18(27)16-5-6-23-19(25-16)24-12-3-4-14(21)15(22)9-12/h3-9H,1-2H3,(H,26,27)(H,23,24,25). The minimum absolute atomic E-state index is 0.0698. The molecule has 2 N–H and O–H groups in total. The number of hydrogen-bond acceptors (Lipinski definition) is 4. The van der Waals surface area contributed by atoms with Crippen LogP contribution < -0.4 is 10.6 Å². The third-order valence-corrected chi connectivity index (χ3v) is 4.03. The first-order chi connectivity index (χ1) is 12.8. The van der Waals surface area contributed by atoms with Crippen LogP contribution in [0.2, 0.25) is 5.02 Å². The molecule has 2 aromatic carbocycles. The molecule has 5 nitrogen and oxygen atoms in total. The molecule has 0 aliphatic rings. The number of nitrogens with zero attached hydrogens (tertiary/aromatic N) is 2. The summed E-state index contributed by atoms with van der Waals surface area (Å²) in [5, 5.41) is 5.88.